The van der Waals surface area contributed by atoms with E-state index in [4.69, 9.17) is 9.47 Å². The van der Waals surface area contributed by atoms with Crippen molar-refractivity contribution in [1.29, 1.82) is 0 Å². The number of esters is 1. The molecule has 1 amide bonds. The number of anilines is 1. The summed E-state index contributed by atoms with van der Waals surface area (Å²) in [7, 11) is 0. The second-order valence-electron chi connectivity index (χ2n) is 12.3. The minimum Gasteiger partial charge on any atom is -0.460 e. The molecule has 2 aromatic rings. The zero-order valence-electron chi connectivity index (χ0n) is 24.2. The average molecular weight is 679 g/mol. The van der Waals surface area contributed by atoms with E-state index < -0.39 is 29.4 Å². The molecule has 1 fully saturated rings. The van der Waals surface area contributed by atoms with Gasteiger partial charge in [-0.3, -0.25) is 5.32 Å². The first kappa shape index (κ1) is 32.4. The fourth-order valence-electron chi connectivity index (χ4n) is 5.60. The van der Waals surface area contributed by atoms with Gasteiger partial charge in [-0.05, 0) is 62.6 Å². The van der Waals surface area contributed by atoms with E-state index in [0.717, 1.165) is 12.8 Å². The van der Waals surface area contributed by atoms with Gasteiger partial charge in [0.15, 0.2) is 5.60 Å². The summed E-state index contributed by atoms with van der Waals surface area (Å²) in [4.78, 5) is 26.8. The molecule has 0 bridgehead atoms. The second kappa shape index (κ2) is 12.8. The van der Waals surface area contributed by atoms with Gasteiger partial charge < -0.3 is 14.6 Å². The summed E-state index contributed by atoms with van der Waals surface area (Å²) in [6.45, 7) is 15.6. The maximum atomic E-state index is 14.0. The fourth-order valence-corrected chi connectivity index (χ4v) is 7.16. The molecule has 0 radical (unpaired) electrons. The van der Waals surface area contributed by atoms with Crippen molar-refractivity contribution in [1.82, 2.24) is 0 Å². The number of rotatable bonds is 8. The van der Waals surface area contributed by atoms with Crippen molar-refractivity contribution in [3.8, 4) is 0 Å². The van der Waals surface area contributed by atoms with Crippen LogP contribution in [0.15, 0.2) is 64.1 Å². The van der Waals surface area contributed by atoms with Crippen LogP contribution in [0, 0.1) is 11.8 Å². The first-order chi connectivity index (χ1) is 18.6. The molecule has 40 heavy (non-hydrogen) atoms. The van der Waals surface area contributed by atoms with Crippen molar-refractivity contribution >= 4 is 49.6 Å². The van der Waals surface area contributed by atoms with E-state index in [2.05, 4.69) is 76.7 Å². The molecule has 1 saturated carbocycles. The average Bonchev–Trinajstić information content (AvgIpc) is 2.83. The van der Waals surface area contributed by atoms with Crippen LogP contribution in [0.1, 0.15) is 78.4 Å². The topological polar surface area (TPSA) is 84.9 Å². The summed E-state index contributed by atoms with van der Waals surface area (Å²) >= 11 is 6.95. The number of hydrogen-bond donors (Lipinski definition) is 2. The molecule has 4 atom stereocenters. The summed E-state index contributed by atoms with van der Waals surface area (Å²) < 4.78 is 12.8. The van der Waals surface area contributed by atoms with Gasteiger partial charge in [-0.25, -0.2) is 9.59 Å². The number of ether oxygens (including phenoxy) is 2. The zero-order chi connectivity index (χ0) is 29.9. The van der Waals surface area contributed by atoms with Crippen molar-refractivity contribution in [2.45, 2.75) is 89.9 Å². The zero-order valence-corrected chi connectivity index (χ0v) is 27.4. The number of aliphatic hydroxyl groups is 1. The largest absolute Gasteiger partial charge is 0.460 e. The Morgan fingerprint density at radius 1 is 1.10 bits per heavy atom. The van der Waals surface area contributed by atoms with E-state index in [-0.39, 0.29) is 29.0 Å². The predicted molar refractivity (Wildman–Crippen MR) is 166 cm³/mol. The normalized spacial score (nSPS) is 21.2. The van der Waals surface area contributed by atoms with Gasteiger partial charge in [-0.2, -0.15) is 0 Å². The highest BCUT2D eigenvalue weighted by atomic mass is 79.9. The number of benzene rings is 2. The monoisotopic (exact) mass is 677 g/mol. The lowest BCUT2D eigenvalue weighted by atomic mass is 9.64. The van der Waals surface area contributed by atoms with E-state index in [9.17, 15) is 14.7 Å². The van der Waals surface area contributed by atoms with Crippen molar-refractivity contribution in [3.05, 3.63) is 75.2 Å². The summed E-state index contributed by atoms with van der Waals surface area (Å²) in [5.41, 5.74) is -1.54. The first-order valence-electron chi connectivity index (χ1n) is 13.7. The first-order valence-corrected chi connectivity index (χ1v) is 15.3. The quantitative estimate of drug-likeness (QED) is 0.216. The van der Waals surface area contributed by atoms with Crippen LogP contribution in [0.5, 0.6) is 0 Å². The molecule has 0 aromatic heterocycles. The van der Waals surface area contributed by atoms with Gasteiger partial charge in [0.05, 0.1) is 5.69 Å². The molecule has 1 aliphatic carbocycles. The third-order valence-corrected chi connectivity index (χ3v) is 8.72. The van der Waals surface area contributed by atoms with E-state index in [1.807, 2.05) is 18.2 Å². The minimum absolute atomic E-state index is 0.0516. The number of nitrogens with one attached hydrogen (secondary N) is 1. The summed E-state index contributed by atoms with van der Waals surface area (Å²) in [6, 6.07) is 13.6. The maximum Gasteiger partial charge on any atom is 0.412 e. The van der Waals surface area contributed by atoms with Crippen molar-refractivity contribution < 1.29 is 24.2 Å². The Morgan fingerprint density at radius 2 is 1.75 bits per heavy atom. The lowest BCUT2D eigenvalue weighted by Gasteiger charge is -2.44. The molecule has 0 saturated heterocycles. The van der Waals surface area contributed by atoms with Gasteiger partial charge >= 0.3 is 12.1 Å². The van der Waals surface area contributed by atoms with Crippen LogP contribution in [0.4, 0.5) is 10.5 Å². The Labute approximate surface area is 255 Å². The number of amides is 1. The predicted octanol–water partition coefficient (Wildman–Crippen LogP) is 8.65. The van der Waals surface area contributed by atoms with Gasteiger partial charge in [0, 0.05) is 26.8 Å². The van der Waals surface area contributed by atoms with Crippen LogP contribution in [-0.4, -0.2) is 28.9 Å². The van der Waals surface area contributed by atoms with E-state index >= 15 is 0 Å². The highest BCUT2D eigenvalue weighted by Gasteiger charge is 2.47. The molecule has 0 heterocycles. The number of hydrogen-bond acceptors (Lipinski definition) is 5. The van der Waals surface area contributed by atoms with E-state index in [0.29, 0.717) is 21.3 Å². The van der Waals surface area contributed by atoms with Gasteiger partial charge in [-0.15, -0.1) is 6.58 Å². The fraction of sp³-hybridized carbons (Fsp3) is 0.500. The van der Waals surface area contributed by atoms with Crippen molar-refractivity contribution in [3.63, 3.8) is 0 Å². The standard InChI is InChI=1S/C32H41Br2NO5/c1-8-16-32(38,27-24(34)18-22(33)19-25(27)35-29(37)40-30(3,4)5)28(36)39-26-17-20(2)14-15-23(26)31(6,7)21-12-10-9-11-13-21/h8-13,18-20,23,26,38H,1,14-17H2,2-7H3,(H,35,37)/t20-,23-,26-,32-/m1/s1. The smallest absolute Gasteiger partial charge is 0.412 e. The summed E-state index contributed by atoms with van der Waals surface area (Å²) in [6.07, 6.45) is 2.87. The number of carbonyl (C=O) groups excluding carboxylic acids is 2. The van der Waals surface area contributed by atoms with E-state index in [1.165, 1.54) is 11.6 Å². The van der Waals surface area contributed by atoms with Crippen LogP contribution in [0.2, 0.25) is 0 Å². The Morgan fingerprint density at radius 3 is 2.35 bits per heavy atom. The molecule has 0 unspecified atom stereocenters. The minimum atomic E-state index is -2.12. The lowest BCUT2D eigenvalue weighted by molar-refractivity contribution is -0.179. The second-order valence-corrected chi connectivity index (χ2v) is 14.1. The molecular weight excluding hydrogens is 638 g/mol. The van der Waals surface area contributed by atoms with Gasteiger partial charge in [-0.1, -0.05) is 95.5 Å². The van der Waals surface area contributed by atoms with Gasteiger partial charge in [0.25, 0.3) is 0 Å². The molecule has 0 spiro atoms. The maximum absolute atomic E-state index is 14.0. The van der Waals surface area contributed by atoms with E-state index in [1.54, 1.807) is 32.9 Å². The molecule has 2 aromatic carbocycles. The molecule has 8 heteroatoms. The van der Waals surface area contributed by atoms with Gasteiger partial charge in [0.1, 0.15) is 11.7 Å². The Balaban J connectivity index is 2.01. The van der Waals surface area contributed by atoms with Crippen LogP contribution in [-0.2, 0) is 25.3 Å². The lowest BCUT2D eigenvalue weighted by Crippen LogP contribution is -2.47. The molecule has 6 nitrogen and oxygen atoms in total. The SMILES string of the molecule is C=CC[C@](O)(C(=O)O[C@@H]1C[C@H](C)CC[C@H]1C(C)(C)c1ccccc1)c1c(Br)cc(Br)cc1NC(=O)OC(C)(C)C. The Bertz CT molecular complexity index is 1220. The van der Waals surface area contributed by atoms with Crippen LogP contribution in [0.3, 0.4) is 0 Å². The Kier molecular flexibility index (Phi) is 10.3. The molecule has 1 aliphatic rings. The molecular formula is C32H41Br2NO5. The van der Waals surface area contributed by atoms with Crippen molar-refractivity contribution in [2.24, 2.45) is 11.8 Å². The summed E-state index contributed by atoms with van der Waals surface area (Å²) in [5.74, 6) is -0.358. The number of carbonyl (C=O) groups is 2. The Hall–Kier alpha value is -2.16. The third kappa shape index (κ3) is 7.56. The summed E-state index contributed by atoms with van der Waals surface area (Å²) in [5, 5.41) is 14.8. The highest BCUT2D eigenvalue weighted by molar-refractivity contribution is 9.11. The number of halogens is 2. The van der Waals surface area contributed by atoms with Crippen LogP contribution >= 0.6 is 31.9 Å². The van der Waals surface area contributed by atoms with Crippen molar-refractivity contribution in [2.75, 3.05) is 5.32 Å². The van der Waals surface area contributed by atoms with Crippen LogP contribution < -0.4 is 5.32 Å². The molecule has 218 valence electrons. The van der Waals surface area contributed by atoms with Gasteiger partial charge in [0.2, 0.25) is 0 Å². The molecule has 2 N–H and O–H groups in total. The highest BCUT2D eigenvalue weighted by Crippen LogP contribution is 2.46. The molecule has 3 rings (SSSR count). The third-order valence-electron chi connectivity index (χ3n) is 7.64. The molecule has 0 aliphatic heterocycles. The van der Waals surface area contributed by atoms with Crippen LogP contribution in [0.25, 0.3) is 0 Å².